The molecule has 0 unspecified atom stereocenters. The van der Waals surface area contributed by atoms with E-state index in [1.807, 2.05) is 42.9 Å². The van der Waals surface area contributed by atoms with Crippen LogP contribution in [0.4, 0.5) is 5.82 Å². The number of hydrogen-bond acceptors (Lipinski definition) is 6. The van der Waals surface area contributed by atoms with Crippen LogP contribution in [0.15, 0.2) is 42.9 Å². The third-order valence-corrected chi connectivity index (χ3v) is 4.56. The molecule has 0 atom stereocenters. The fraction of sp³-hybridized carbons (Fsp3) is 0.368. The number of hydrogen-bond donors (Lipinski definition) is 0. The number of anilines is 1. The predicted octanol–water partition coefficient (Wildman–Crippen LogP) is 3.03. The molecule has 6 nitrogen and oxygen atoms in total. The summed E-state index contributed by atoms with van der Waals surface area (Å²) in [4.78, 5) is 20.1. The number of nitrogens with zero attached hydrogens (tertiary/aromatic N) is 5. The molecule has 0 spiro atoms. The Morgan fingerprint density at radius 1 is 1.00 bits per heavy atom. The summed E-state index contributed by atoms with van der Waals surface area (Å²) in [5.41, 5.74) is 2.98. The zero-order valence-electron chi connectivity index (χ0n) is 14.3. The molecule has 25 heavy (non-hydrogen) atoms. The first-order valence-electron chi connectivity index (χ1n) is 8.76. The minimum Gasteiger partial charge on any atom is -0.460 e. The van der Waals surface area contributed by atoms with E-state index in [9.17, 15) is 0 Å². The summed E-state index contributed by atoms with van der Waals surface area (Å²) in [6, 6.07) is 8.43. The largest absolute Gasteiger partial charge is 0.460 e. The van der Waals surface area contributed by atoms with Crippen molar-refractivity contribution >= 4 is 16.9 Å². The van der Waals surface area contributed by atoms with Crippen molar-refractivity contribution in [2.24, 2.45) is 0 Å². The number of ether oxygens (including phenoxy) is 1. The Kier molecular flexibility index (Phi) is 4.41. The van der Waals surface area contributed by atoms with Gasteiger partial charge in [0.1, 0.15) is 11.9 Å². The topological polar surface area (TPSA) is 64.0 Å². The van der Waals surface area contributed by atoms with Gasteiger partial charge in [0.2, 0.25) is 0 Å². The van der Waals surface area contributed by atoms with Crippen LogP contribution in [0.1, 0.15) is 25.3 Å². The fourth-order valence-electron chi connectivity index (χ4n) is 3.04. The van der Waals surface area contributed by atoms with Gasteiger partial charge in [0.05, 0.1) is 17.2 Å². The normalized spacial score (nSPS) is 15.5. The molecular formula is C19H21N5O. The lowest BCUT2D eigenvalue weighted by molar-refractivity contribution is 0.156. The zero-order chi connectivity index (χ0) is 17.1. The summed E-state index contributed by atoms with van der Waals surface area (Å²) >= 11 is 0. The van der Waals surface area contributed by atoms with Crippen molar-refractivity contribution in [3.8, 4) is 6.01 Å². The van der Waals surface area contributed by atoms with E-state index in [-0.39, 0.29) is 6.10 Å². The summed E-state index contributed by atoms with van der Waals surface area (Å²) in [7, 11) is 0. The van der Waals surface area contributed by atoms with Gasteiger partial charge < -0.3 is 9.64 Å². The third-order valence-electron chi connectivity index (χ3n) is 4.56. The molecule has 0 N–H and O–H groups in total. The Bertz CT molecular complexity index is 844. The summed E-state index contributed by atoms with van der Waals surface area (Å²) in [6.07, 6.45) is 8.46. The number of fused-ring (bicyclic) bond motifs is 1. The van der Waals surface area contributed by atoms with Gasteiger partial charge in [-0.3, -0.25) is 4.98 Å². The number of aromatic nitrogens is 4. The Morgan fingerprint density at radius 2 is 1.72 bits per heavy atom. The highest BCUT2D eigenvalue weighted by molar-refractivity contribution is 5.75. The first kappa shape index (κ1) is 15.7. The van der Waals surface area contributed by atoms with Crippen LogP contribution in [0.5, 0.6) is 6.01 Å². The van der Waals surface area contributed by atoms with Crippen molar-refractivity contribution in [1.29, 1.82) is 0 Å². The van der Waals surface area contributed by atoms with Crippen LogP contribution < -0.4 is 9.64 Å². The van der Waals surface area contributed by atoms with E-state index < -0.39 is 0 Å². The molecule has 3 heterocycles. The summed E-state index contributed by atoms with van der Waals surface area (Å²) in [5, 5.41) is 0. The van der Waals surface area contributed by atoms with Gasteiger partial charge in [0, 0.05) is 38.3 Å². The van der Waals surface area contributed by atoms with E-state index in [1.165, 1.54) is 0 Å². The maximum Gasteiger partial charge on any atom is 0.316 e. The zero-order valence-corrected chi connectivity index (χ0v) is 14.3. The smallest absolute Gasteiger partial charge is 0.316 e. The summed E-state index contributed by atoms with van der Waals surface area (Å²) in [5.74, 6) is 0.931. The van der Waals surface area contributed by atoms with E-state index in [0.29, 0.717) is 6.01 Å². The van der Waals surface area contributed by atoms with Gasteiger partial charge in [0.25, 0.3) is 0 Å². The standard InChI is InChI=1S/C19H21N5O/c1-2-14-11-21-19(22-12-14)25-15-7-9-24(10-8-15)18-13-20-16-5-3-4-6-17(16)23-18/h3-6,11-13,15H,2,7-10H2,1H3. The highest BCUT2D eigenvalue weighted by Gasteiger charge is 2.22. The average Bonchev–Trinajstić information content (AvgIpc) is 2.69. The molecule has 1 aromatic carbocycles. The Morgan fingerprint density at radius 3 is 2.44 bits per heavy atom. The van der Waals surface area contributed by atoms with Gasteiger partial charge in [-0.05, 0) is 24.1 Å². The Balaban J connectivity index is 1.38. The van der Waals surface area contributed by atoms with Crippen LogP contribution in [0.2, 0.25) is 0 Å². The second-order valence-electron chi connectivity index (χ2n) is 6.25. The molecule has 2 aromatic heterocycles. The first-order chi connectivity index (χ1) is 12.3. The predicted molar refractivity (Wildman–Crippen MR) is 96.8 cm³/mol. The van der Waals surface area contributed by atoms with Crippen LogP contribution in [-0.2, 0) is 6.42 Å². The van der Waals surface area contributed by atoms with Crippen molar-refractivity contribution in [3.05, 3.63) is 48.4 Å². The number of para-hydroxylation sites is 2. The lowest BCUT2D eigenvalue weighted by atomic mass is 10.1. The molecule has 0 amide bonds. The van der Waals surface area contributed by atoms with Crippen LogP contribution in [0, 0.1) is 0 Å². The van der Waals surface area contributed by atoms with Gasteiger partial charge >= 0.3 is 6.01 Å². The quantitative estimate of drug-likeness (QED) is 0.730. The third kappa shape index (κ3) is 3.52. The molecule has 4 rings (SSSR count). The highest BCUT2D eigenvalue weighted by Crippen LogP contribution is 2.21. The fourth-order valence-corrected chi connectivity index (χ4v) is 3.04. The van der Waals surface area contributed by atoms with E-state index in [2.05, 4.69) is 26.8 Å². The Labute approximate surface area is 146 Å². The first-order valence-corrected chi connectivity index (χ1v) is 8.76. The molecule has 128 valence electrons. The van der Waals surface area contributed by atoms with Crippen molar-refractivity contribution in [3.63, 3.8) is 0 Å². The van der Waals surface area contributed by atoms with E-state index >= 15 is 0 Å². The molecule has 1 aliphatic rings. The Hall–Kier alpha value is -2.76. The molecule has 3 aromatic rings. The SMILES string of the molecule is CCc1cnc(OC2CCN(c3cnc4ccccc4n3)CC2)nc1. The molecule has 6 heteroatoms. The average molecular weight is 335 g/mol. The molecular weight excluding hydrogens is 314 g/mol. The van der Waals surface area contributed by atoms with Crippen LogP contribution in [-0.4, -0.2) is 39.1 Å². The highest BCUT2D eigenvalue weighted by atomic mass is 16.5. The van der Waals surface area contributed by atoms with E-state index in [0.717, 1.165) is 54.8 Å². The number of rotatable bonds is 4. The minimum atomic E-state index is 0.150. The van der Waals surface area contributed by atoms with Crippen LogP contribution >= 0.6 is 0 Å². The summed E-state index contributed by atoms with van der Waals surface area (Å²) < 4.78 is 5.92. The van der Waals surface area contributed by atoms with Crippen LogP contribution in [0.25, 0.3) is 11.0 Å². The lowest BCUT2D eigenvalue weighted by Gasteiger charge is -2.32. The van der Waals surface area contributed by atoms with Crippen LogP contribution in [0.3, 0.4) is 0 Å². The van der Waals surface area contributed by atoms with Crippen molar-refractivity contribution in [2.45, 2.75) is 32.3 Å². The number of benzene rings is 1. The van der Waals surface area contributed by atoms with Gasteiger partial charge in [-0.1, -0.05) is 19.1 Å². The number of aryl methyl sites for hydroxylation is 1. The monoisotopic (exact) mass is 335 g/mol. The van der Waals surface area contributed by atoms with E-state index in [1.54, 1.807) is 0 Å². The van der Waals surface area contributed by atoms with Gasteiger partial charge in [-0.2, -0.15) is 0 Å². The molecule has 1 fully saturated rings. The molecule has 0 bridgehead atoms. The maximum absolute atomic E-state index is 5.92. The minimum absolute atomic E-state index is 0.150. The summed E-state index contributed by atoms with van der Waals surface area (Å²) in [6.45, 7) is 3.88. The van der Waals surface area contributed by atoms with Crippen molar-refractivity contribution in [1.82, 2.24) is 19.9 Å². The molecule has 0 radical (unpaired) electrons. The molecule has 1 aliphatic heterocycles. The second kappa shape index (κ2) is 7.01. The van der Waals surface area contributed by atoms with E-state index in [4.69, 9.17) is 9.72 Å². The molecule has 0 aliphatic carbocycles. The second-order valence-corrected chi connectivity index (χ2v) is 6.25. The molecule has 1 saturated heterocycles. The van der Waals surface area contributed by atoms with Gasteiger partial charge in [-0.15, -0.1) is 0 Å². The lowest BCUT2D eigenvalue weighted by Crippen LogP contribution is -2.39. The van der Waals surface area contributed by atoms with Gasteiger partial charge in [0.15, 0.2) is 0 Å². The maximum atomic E-state index is 5.92. The van der Waals surface area contributed by atoms with Crippen molar-refractivity contribution < 1.29 is 4.74 Å². The van der Waals surface area contributed by atoms with Crippen molar-refractivity contribution in [2.75, 3.05) is 18.0 Å². The molecule has 0 saturated carbocycles. The number of piperidine rings is 1. The van der Waals surface area contributed by atoms with Gasteiger partial charge in [-0.25, -0.2) is 15.0 Å².